The second kappa shape index (κ2) is 13.3. The van der Waals surface area contributed by atoms with E-state index < -0.39 is 0 Å². The molecule has 1 nitrogen and oxygen atoms in total. The van der Waals surface area contributed by atoms with E-state index in [1.165, 1.54) is 66.1 Å². The fraction of sp³-hybridized carbons (Fsp3) is 0. The van der Waals surface area contributed by atoms with Crippen LogP contribution in [0.3, 0.4) is 0 Å². The Bertz CT molecular complexity index is 2600. The molecule has 0 N–H and O–H groups in total. The van der Waals surface area contributed by atoms with Crippen LogP contribution in [0.15, 0.2) is 212 Å². The Balaban J connectivity index is 1.17. The topological polar surface area (TPSA) is 3.24 Å². The lowest BCUT2D eigenvalue weighted by atomic mass is 9.93. The normalized spacial score (nSPS) is 11.1. The van der Waals surface area contributed by atoms with Crippen LogP contribution in [0.25, 0.3) is 66.1 Å². The summed E-state index contributed by atoms with van der Waals surface area (Å²) in [6.07, 6.45) is 0. The summed E-state index contributed by atoms with van der Waals surface area (Å²) in [7, 11) is 0. The maximum atomic E-state index is 2.39. The van der Waals surface area contributed by atoms with Crippen LogP contribution in [0.4, 0.5) is 17.1 Å². The van der Waals surface area contributed by atoms with Gasteiger partial charge in [-0.25, -0.2) is 0 Å². The second-order valence-corrected chi connectivity index (χ2v) is 12.9. The van der Waals surface area contributed by atoms with Gasteiger partial charge in [0.05, 0.1) is 5.69 Å². The van der Waals surface area contributed by atoms with Gasteiger partial charge in [0.25, 0.3) is 0 Å². The average molecular weight is 650 g/mol. The number of fused-ring (bicyclic) bond motifs is 3. The minimum Gasteiger partial charge on any atom is -0.310 e. The van der Waals surface area contributed by atoms with Gasteiger partial charge in [-0.05, 0) is 96.9 Å². The first-order chi connectivity index (χ1) is 25.3. The van der Waals surface area contributed by atoms with Gasteiger partial charge in [0, 0.05) is 16.9 Å². The molecule has 0 unspecified atom stereocenters. The van der Waals surface area contributed by atoms with Gasteiger partial charge in [-0.3, -0.25) is 0 Å². The van der Waals surface area contributed by atoms with E-state index in [9.17, 15) is 0 Å². The van der Waals surface area contributed by atoms with Crippen molar-refractivity contribution in [3.63, 3.8) is 0 Å². The Morgan fingerprint density at radius 3 is 1.27 bits per heavy atom. The van der Waals surface area contributed by atoms with Gasteiger partial charge in [0.1, 0.15) is 0 Å². The van der Waals surface area contributed by atoms with Crippen LogP contribution in [0.5, 0.6) is 0 Å². The molecule has 0 heterocycles. The van der Waals surface area contributed by atoms with Crippen molar-refractivity contribution in [1.29, 1.82) is 0 Å². The highest BCUT2D eigenvalue weighted by molar-refractivity contribution is 6.13. The molecular formula is C50H35N. The fourth-order valence-electron chi connectivity index (χ4n) is 7.44. The van der Waals surface area contributed by atoms with E-state index in [2.05, 4.69) is 217 Å². The molecule has 0 bridgehead atoms. The zero-order valence-corrected chi connectivity index (χ0v) is 28.2. The molecule has 0 amide bonds. The highest BCUT2D eigenvalue weighted by atomic mass is 15.1. The molecular weight excluding hydrogens is 615 g/mol. The maximum Gasteiger partial charge on any atom is 0.0540 e. The van der Waals surface area contributed by atoms with Crippen LogP contribution in [-0.2, 0) is 0 Å². The van der Waals surface area contributed by atoms with E-state index >= 15 is 0 Å². The fourth-order valence-corrected chi connectivity index (χ4v) is 7.44. The molecule has 9 rings (SSSR count). The first-order valence-electron chi connectivity index (χ1n) is 17.5. The van der Waals surface area contributed by atoms with E-state index in [1.807, 2.05) is 0 Å². The second-order valence-electron chi connectivity index (χ2n) is 12.9. The molecule has 0 aliphatic heterocycles. The van der Waals surface area contributed by atoms with Crippen molar-refractivity contribution in [2.24, 2.45) is 0 Å². The summed E-state index contributed by atoms with van der Waals surface area (Å²) in [4.78, 5) is 2.39. The summed E-state index contributed by atoms with van der Waals surface area (Å²) in [5, 5.41) is 5.08. The zero-order valence-electron chi connectivity index (χ0n) is 28.2. The summed E-state index contributed by atoms with van der Waals surface area (Å²) in [5.74, 6) is 0. The molecule has 0 fully saturated rings. The van der Waals surface area contributed by atoms with E-state index in [1.54, 1.807) is 0 Å². The van der Waals surface area contributed by atoms with Gasteiger partial charge in [-0.2, -0.15) is 0 Å². The van der Waals surface area contributed by atoms with Gasteiger partial charge >= 0.3 is 0 Å². The monoisotopic (exact) mass is 649 g/mol. The van der Waals surface area contributed by atoms with Gasteiger partial charge in [-0.15, -0.1) is 0 Å². The number of anilines is 3. The first-order valence-corrected chi connectivity index (χ1v) is 17.5. The van der Waals surface area contributed by atoms with Crippen LogP contribution in [0, 0.1) is 0 Å². The Morgan fingerprint density at radius 1 is 0.255 bits per heavy atom. The predicted octanol–water partition coefficient (Wildman–Crippen LogP) is 14.1. The van der Waals surface area contributed by atoms with Gasteiger partial charge in [0.2, 0.25) is 0 Å². The standard InChI is InChI=1S/C50H35N/c1-3-15-36(16-4-1)43-20-9-10-21-44(43)38-27-31-41(32-28-38)51(50-26-14-13-23-46(50)37-17-5-2-6-18-37)42-33-29-39(30-34-42)49-35-40-19-7-8-22-45(40)47-24-11-12-25-48(47)49/h1-35H. The van der Waals surface area contributed by atoms with Crippen LogP contribution in [0.2, 0.25) is 0 Å². The van der Waals surface area contributed by atoms with E-state index in [-0.39, 0.29) is 0 Å². The van der Waals surface area contributed by atoms with Gasteiger partial charge < -0.3 is 4.90 Å². The smallest absolute Gasteiger partial charge is 0.0540 e. The Kier molecular flexibility index (Phi) is 7.92. The molecule has 240 valence electrons. The minimum atomic E-state index is 1.10. The molecule has 51 heavy (non-hydrogen) atoms. The van der Waals surface area contributed by atoms with Crippen molar-refractivity contribution in [2.75, 3.05) is 4.90 Å². The third-order valence-electron chi connectivity index (χ3n) is 9.88. The number of benzene rings is 9. The number of hydrogen-bond acceptors (Lipinski definition) is 1. The molecule has 1 heteroatoms. The summed E-state index contributed by atoms with van der Waals surface area (Å²) in [6, 6.07) is 76.5. The van der Waals surface area contributed by atoms with Crippen LogP contribution in [-0.4, -0.2) is 0 Å². The highest BCUT2D eigenvalue weighted by Gasteiger charge is 2.18. The summed E-state index contributed by atoms with van der Waals surface area (Å²) < 4.78 is 0. The number of rotatable bonds is 7. The molecule has 0 saturated carbocycles. The molecule has 0 spiro atoms. The molecule has 0 radical (unpaired) electrons. The molecule has 0 atom stereocenters. The molecule has 0 aliphatic rings. The minimum absolute atomic E-state index is 1.10. The molecule has 9 aromatic carbocycles. The van der Waals surface area contributed by atoms with Crippen molar-refractivity contribution < 1.29 is 0 Å². The van der Waals surface area contributed by atoms with Crippen molar-refractivity contribution >= 4 is 38.6 Å². The van der Waals surface area contributed by atoms with Crippen molar-refractivity contribution in [1.82, 2.24) is 0 Å². The van der Waals surface area contributed by atoms with Gasteiger partial charge in [-0.1, -0.05) is 176 Å². The zero-order chi connectivity index (χ0) is 34.0. The maximum absolute atomic E-state index is 2.39. The van der Waals surface area contributed by atoms with Gasteiger partial charge in [0.15, 0.2) is 0 Å². The Labute approximate surface area is 299 Å². The lowest BCUT2D eigenvalue weighted by Crippen LogP contribution is -2.11. The van der Waals surface area contributed by atoms with E-state index in [0.29, 0.717) is 0 Å². The molecule has 0 aromatic heterocycles. The first kappa shape index (κ1) is 30.4. The molecule has 0 saturated heterocycles. The largest absolute Gasteiger partial charge is 0.310 e. The highest BCUT2D eigenvalue weighted by Crippen LogP contribution is 2.43. The average Bonchev–Trinajstić information content (AvgIpc) is 3.22. The van der Waals surface area contributed by atoms with Crippen LogP contribution >= 0.6 is 0 Å². The summed E-state index contributed by atoms with van der Waals surface area (Å²) >= 11 is 0. The van der Waals surface area contributed by atoms with Crippen LogP contribution < -0.4 is 4.90 Å². The SMILES string of the molecule is c1ccc(-c2ccccc2-c2ccc(N(c3ccc(-c4cc5ccccc5c5ccccc45)cc3)c3ccccc3-c3ccccc3)cc2)cc1. The summed E-state index contributed by atoms with van der Waals surface area (Å²) in [6.45, 7) is 0. The number of hydrogen-bond donors (Lipinski definition) is 0. The Hall–Kier alpha value is -6.70. The van der Waals surface area contributed by atoms with Crippen molar-refractivity contribution in [3.05, 3.63) is 212 Å². The van der Waals surface area contributed by atoms with E-state index in [0.717, 1.165) is 17.1 Å². The third-order valence-corrected chi connectivity index (χ3v) is 9.88. The third kappa shape index (κ3) is 5.75. The summed E-state index contributed by atoms with van der Waals surface area (Å²) in [5.41, 5.74) is 13.0. The number of nitrogens with zero attached hydrogens (tertiary/aromatic N) is 1. The molecule has 9 aromatic rings. The lowest BCUT2D eigenvalue weighted by Gasteiger charge is -2.28. The van der Waals surface area contributed by atoms with Crippen LogP contribution in [0.1, 0.15) is 0 Å². The quantitative estimate of drug-likeness (QED) is 0.155. The lowest BCUT2D eigenvalue weighted by molar-refractivity contribution is 1.28. The van der Waals surface area contributed by atoms with E-state index in [4.69, 9.17) is 0 Å². The molecule has 0 aliphatic carbocycles. The Morgan fingerprint density at radius 2 is 0.667 bits per heavy atom. The van der Waals surface area contributed by atoms with Crippen molar-refractivity contribution in [2.45, 2.75) is 0 Å². The number of para-hydroxylation sites is 1. The predicted molar refractivity (Wildman–Crippen MR) is 218 cm³/mol. The van der Waals surface area contributed by atoms with Crippen molar-refractivity contribution in [3.8, 4) is 44.5 Å².